The van der Waals surface area contributed by atoms with Crippen molar-refractivity contribution in [3.05, 3.63) is 72.7 Å². The van der Waals surface area contributed by atoms with Crippen LogP contribution < -0.4 is 4.74 Å². The predicted molar refractivity (Wildman–Crippen MR) is 127 cm³/mol. The Hall–Kier alpha value is -3.64. The molecule has 0 bridgehead atoms. The van der Waals surface area contributed by atoms with E-state index < -0.39 is 5.97 Å². The van der Waals surface area contributed by atoms with E-state index in [1.807, 2.05) is 42.6 Å². The summed E-state index contributed by atoms with van der Waals surface area (Å²) in [5, 5.41) is 10.6. The maximum Gasteiger partial charge on any atom is 0.336 e. The van der Waals surface area contributed by atoms with Crippen molar-refractivity contribution in [1.29, 1.82) is 0 Å². The fourth-order valence-corrected chi connectivity index (χ4v) is 4.02. The van der Waals surface area contributed by atoms with Gasteiger partial charge in [-0.2, -0.15) is 0 Å². The van der Waals surface area contributed by atoms with Gasteiger partial charge in [-0.25, -0.2) is 4.79 Å². The van der Waals surface area contributed by atoms with Gasteiger partial charge in [0.2, 0.25) is 0 Å². The molecule has 0 aliphatic rings. The minimum Gasteiger partial charge on any atom is -0.497 e. The minimum atomic E-state index is -0.929. The number of methoxy groups -OCH3 is 1. The van der Waals surface area contributed by atoms with Gasteiger partial charge in [-0.05, 0) is 63.0 Å². The maximum absolute atomic E-state index is 12.0. The van der Waals surface area contributed by atoms with Gasteiger partial charge in [0.05, 0.1) is 12.7 Å². The first-order chi connectivity index (χ1) is 15.5. The number of aryl methyl sites for hydroxylation is 1. The molecule has 4 aromatic rings. The average molecular weight is 430 g/mol. The standard InChI is InChI=1S/C26H27N3O3/c1-28(2)12-5-13-29-17-23(25-22(26(30)31)6-4-7-24(25)29)20-14-19(15-27-16-20)18-8-10-21(32-3)11-9-18/h4,6-11,14-17H,5,12-13H2,1-3H3,(H,30,31). The monoisotopic (exact) mass is 429 g/mol. The molecule has 0 unspecified atom stereocenters. The molecule has 164 valence electrons. The highest BCUT2D eigenvalue weighted by molar-refractivity contribution is 6.09. The Kier molecular flexibility index (Phi) is 6.23. The third-order valence-corrected chi connectivity index (χ3v) is 5.61. The van der Waals surface area contributed by atoms with Crippen LogP contribution in [0.2, 0.25) is 0 Å². The number of ether oxygens (including phenoxy) is 1. The zero-order valence-corrected chi connectivity index (χ0v) is 18.6. The van der Waals surface area contributed by atoms with Crippen LogP contribution in [0.1, 0.15) is 16.8 Å². The van der Waals surface area contributed by atoms with Crippen molar-refractivity contribution in [3.8, 4) is 28.0 Å². The number of carboxylic acid groups (broad SMARTS) is 1. The Morgan fingerprint density at radius 1 is 1.06 bits per heavy atom. The molecule has 32 heavy (non-hydrogen) atoms. The van der Waals surface area contributed by atoms with E-state index in [1.165, 1.54) is 0 Å². The lowest BCUT2D eigenvalue weighted by Crippen LogP contribution is -2.14. The van der Waals surface area contributed by atoms with E-state index in [0.29, 0.717) is 5.56 Å². The summed E-state index contributed by atoms with van der Waals surface area (Å²) >= 11 is 0. The molecule has 0 saturated heterocycles. The third-order valence-electron chi connectivity index (χ3n) is 5.61. The zero-order chi connectivity index (χ0) is 22.7. The molecule has 2 aromatic carbocycles. The van der Waals surface area contributed by atoms with Gasteiger partial charge in [-0.1, -0.05) is 18.2 Å². The molecule has 6 heteroatoms. The van der Waals surface area contributed by atoms with Crippen LogP contribution in [-0.2, 0) is 6.54 Å². The summed E-state index contributed by atoms with van der Waals surface area (Å²) in [4.78, 5) is 18.6. The number of nitrogens with zero attached hydrogens (tertiary/aromatic N) is 3. The molecule has 6 nitrogen and oxygen atoms in total. The number of fused-ring (bicyclic) bond motifs is 1. The number of pyridine rings is 1. The van der Waals surface area contributed by atoms with Crippen LogP contribution in [0, 0.1) is 0 Å². The second-order valence-electron chi connectivity index (χ2n) is 8.09. The quantitative estimate of drug-likeness (QED) is 0.426. The highest BCUT2D eigenvalue weighted by Crippen LogP contribution is 2.35. The number of rotatable bonds is 8. The van der Waals surface area contributed by atoms with Gasteiger partial charge >= 0.3 is 5.97 Å². The van der Waals surface area contributed by atoms with Crippen molar-refractivity contribution in [3.63, 3.8) is 0 Å². The number of carbonyl (C=O) groups is 1. The van der Waals surface area contributed by atoms with E-state index in [-0.39, 0.29) is 0 Å². The lowest BCUT2D eigenvalue weighted by Gasteiger charge is -2.10. The van der Waals surface area contributed by atoms with Crippen LogP contribution in [0.4, 0.5) is 0 Å². The van der Waals surface area contributed by atoms with Gasteiger partial charge in [0.25, 0.3) is 0 Å². The second-order valence-corrected chi connectivity index (χ2v) is 8.09. The maximum atomic E-state index is 12.0. The molecular formula is C26H27N3O3. The van der Waals surface area contributed by atoms with E-state index in [0.717, 1.165) is 58.4 Å². The molecular weight excluding hydrogens is 402 g/mol. The largest absolute Gasteiger partial charge is 0.497 e. The Balaban J connectivity index is 1.81. The van der Waals surface area contributed by atoms with Crippen molar-refractivity contribution in [2.45, 2.75) is 13.0 Å². The second kappa shape index (κ2) is 9.24. The highest BCUT2D eigenvalue weighted by Gasteiger charge is 2.18. The van der Waals surface area contributed by atoms with Crippen LogP contribution in [0.15, 0.2) is 67.1 Å². The molecule has 0 saturated carbocycles. The zero-order valence-electron chi connectivity index (χ0n) is 18.6. The van der Waals surface area contributed by atoms with Crippen LogP contribution >= 0.6 is 0 Å². The molecule has 0 aliphatic carbocycles. The van der Waals surface area contributed by atoms with Crippen LogP contribution in [0.3, 0.4) is 0 Å². The van der Waals surface area contributed by atoms with Crippen molar-refractivity contribution >= 4 is 16.9 Å². The van der Waals surface area contributed by atoms with Crippen LogP contribution in [0.5, 0.6) is 5.75 Å². The van der Waals surface area contributed by atoms with Crippen molar-refractivity contribution in [2.24, 2.45) is 0 Å². The molecule has 0 spiro atoms. The Bertz CT molecular complexity index is 1240. The predicted octanol–water partition coefficient (Wildman–Crippen LogP) is 5.03. The smallest absolute Gasteiger partial charge is 0.336 e. The SMILES string of the molecule is COc1ccc(-c2cncc(-c3cn(CCCN(C)C)c4cccc(C(=O)O)c34)c2)cc1. The Morgan fingerprint density at radius 3 is 2.50 bits per heavy atom. The first kappa shape index (κ1) is 21.6. The topological polar surface area (TPSA) is 67.6 Å². The normalized spacial score (nSPS) is 11.2. The first-order valence-electron chi connectivity index (χ1n) is 10.6. The summed E-state index contributed by atoms with van der Waals surface area (Å²) in [5.41, 5.74) is 4.99. The molecule has 4 rings (SSSR count). The molecule has 1 N–H and O–H groups in total. The first-order valence-corrected chi connectivity index (χ1v) is 10.6. The highest BCUT2D eigenvalue weighted by atomic mass is 16.5. The van der Waals surface area contributed by atoms with Gasteiger partial charge in [-0.3, -0.25) is 4.98 Å². The lowest BCUT2D eigenvalue weighted by molar-refractivity contribution is 0.0699. The fraction of sp³-hybridized carbons (Fsp3) is 0.231. The summed E-state index contributed by atoms with van der Waals surface area (Å²) in [6.45, 7) is 1.77. The number of carboxylic acids is 1. The van der Waals surface area contributed by atoms with Crippen molar-refractivity contribution in [2.75, 3.05) is 27.7 Å². The lowest BCUT2D eigenvalue weighted by atomic mass is 9.99. The summed E-state index contributed by atoms with van der Waals surface area (Å²) in [7, 11) is 5.75. The van der Waals surface area contributed by atoms with Gasteiger partial charge in [0.15, 0.2) is 0 Å². The molecule has 0 radical (unpaired) electrons. The molecule has 2 heterocycles. The number of aromatic nitrogens is 2. The van der Waals surface area contributed by atoms with Gasteiger partial charge in [-0.15, -0.1) is 0 Å². The summed E-state index contributed by atoms with van der Waals surface area (Å²) < 4.78 is 7.41. The van der Waals surface area contributed by atoms with E-state index in [1.54, 1.807) is 19.4 Å². The molecule has 0 atom stereocenters. The van der Waals surface area contributed by atoms with Gasteiger partial charge < -0.3 is 19.3 Å². The molecule has 0 fully saturated rings. The Morgan fingerprint density at radius 2 is 1.81 bits per heavy atom. The van der Waals surface area contributed by atoms with Crippen LogP contribution in [0.25, 0.3) is 33.2 Å². The van der Waals surface area contributed by atoms with Crippen LogP contribution in [-0.4, -0.2) is 53.3 Å². The number of hydrogen-bond donors (Lipinski definition) is 1. The van der Waals surface area contributed by atoms with E-state index >= 15 is 0 Å². The van der Waals surface area contributed by atoms with Crippen molar-refractivity contribution in [1.82, 2.24) is 14.5 Å². The minimum absolute atomic E-state index is 0.304. The summed E-state index contributed by atoms with van der Waals surface area (Å²) in [6, 6.07) is 15.3. The van der Waals surface area contributed by atoms with E-state index in [4.69, 9.17) is 4.74 Å². The number of aromatic carboxylic acids is 1. The number of benzene rings is 2. The third kappa shape index (κ3) is 4.36. The Labute approximate surface area is 187 Å². The van der Waals surface area contributed by atoms with Gasteiger partial charge in [0, 0.05) is 52.7 Å². The summed E-state index contributed by atoms with van der Waals surface area (Å²) in [6.07, 6.45) is 6.64. The van der Waals surface area contributed by atoms with E-state index in [9.17, 15) is 9.90 Å². The molecule has 0 aliphatic heterocycles. The van der Waals surface area contributed by atoms with E-state index in [2.05, 4.69) is 40.8 Å². The molecule has 2 aromatic heterocycles. The van der Waals surface area contributed by atoms with Gasteiger partial charge in [0.1, 0.15) is 5.75 Å². The number of hydrogen-bond acceptors (Lipinski definition) is 4. The molecule has 0 amide bonds. The summed E-state index contributed by atoms with van der Waals surface area (Å²) in [5.74, 6) is -0.132. The average Bonchev–Trinajstić information content (AvgIpc) is 3.18. The van der Waals surface area contributed by atoms with Crippen molar-refractivity contribution < 1.29 is 14.6 Å². The fourth-order valence-electron chi connectivity index (χ4n) is 4.02.